The van der Waals surface area contributed by atoms with Crippen LogP contribution in [-0.2, 0) is 4.74 Å². The number of halogens is 1. The fraction of sp³-hybridized carbons (Fsp3) is 0.176. The minimum Gasteiger partial charge on any atom is -0.465 e. The van der Waals surface area contributed by atoms with Crippen LogP contribution in [0.5, 0.6) is 0 Å². The van der Waals surface area contributed by atoms with Gasteiger partial charge >= 0.3 is 5.97 Å². The van der Waals surface area contributed by atoms with Gasteiger partial charge < -0.3 is 15.4 Å². The van der Waals surface area contributed by atoms with Crippen LogP contribution in [0.15, 0.2) is 42.5 Å². The molecule has 0 unspecified atom stereocenters. The predicted molar refractivity (Wildman–Crippen MR) is 96.7 cm³/mol. The number of carbonyl (C=O) groups is 2. The Morgan fingerprint density at radius 1 is 1.15 bits per heavy atom. The van der Waals surface area contributed by atoms with Gasteiger partial charge in [0, 0.05) is 30.9 Å². The van der Waals surface area contributed by atoms with Crippen LogP contribution in [0.4, 0.5) is 11.4 Å². The monoisotopic (exact) mass is 377 g/mol. The van der Waals surface area contributed by atoms with Gasteiger partial charge in [0.05, 0.1) is 28.2 Å². The third-order valence-corrected chi connectivity index (χ3v) is 3.79. The van der Waals surface area contributed by atoms with Gasteiger partial charge in [0.2, 0.25) is 0 Å². The van der Waals surface area contributed by atoms with Crippen LogP contribution >= 0.6 is 11.6 Å². The van der Waals surface area contributed by atoms with Crippen molar-refractivity contribution in [2.75, 3.05) is 25.5 Å². The maximum Gasteiger partial charge on any atom is 0.340 e. The van der Waals surface area contributed by atoms with E-state index in [2.05, 4.69) is 15.4 Å². The molecule has 9 heteroatoms. The summed E-state index contributed by atoms with van der Waals surface area (Å²) < 4.78 is 4.64. The Kier molecular flexibility index (Phi) is 6.51. The second-order valence-corrected chi connectivity index (χ2v) is 5.55. The zero-order chi connectivity index (χ0) is 19.1. The maximum atomic E-state index is 12.0. The van der Waals surface area contributed by atoms with Crippen LogP contribution in [0, 0.1) is 10.1 Å². The largest absolute Gasteiger partial charge is 0.465 e. The Bertz CT molecular complexity index is 841. The number of esters is 1. The number of nitro benzene ring substituents is 1. The molecule has 0 atom stereocenters. The van der Waals surface area contributed by atoms with Gasteiger partial charge in [-0.25, -0.2) is 4.79 Å². The summed E-state index contributed by atoms with van der Waals surface area (Å²) in [5.74, 6) is -1.02. The van der Waals surface area contributed by atoms with Gasteiger partial charge in [-0.1, -0.05) is 23.7 Å². The fourth-order valence-corrected chi connectivity index (χ4v) is 2.41. The van der Waals surface area contributed by atoms with Gasteiger partial charge in [-0.2, -0.15) is 0 Å². The van der Waals surface area contributed by atoms with E-state index in [0.717, 1.165) is 6.07 Å². The Hall–Kier alpha value is -3.13. The molecule has 0 heterocycles. The lowest BCUT2D eigenvalue weighted by atomic mass is 10.1. The van der Waals surface area contributed by atoms with Crippen LogP contribution in [0.1, 0.15) is 20.7 Å². The highest BCUT2D eigenvalue weighted by molar-refractivity contribution is 6.33. The summed E-state index contributed by atoms with van der Waals surface area (Å²) in [5.41, 5.74) is 0.552. The molecule has 0 saturated carbocycles. The topological polar surface area (TPSA) is 111 Å². The summed E-state index contributed by atoms with van der Waals surface area (Å²) in [6.07, 6.45) is 0. The van der Waals surface area contributed by atoms with Crippen molar-refractivity contribution in [3.63, 3.8) is 0 Å². The van der Waals surface area contributed by atoms with Crippen LogP contribution < -0.4 is 10.6 Å². The smallest absolute Gasteiger partial charge is 0.340 e. The normalized spacial score (nSPS) is 10.1. The first-order chi connectivity index (χ1) is 12.4. The van der Waals surface area contributed by atoms with E-state index in [1.165, 1.54) is 19.2 Å². The molecule has 1 amide bonds. The minimum atomic E-state index is -0.698. The van der Waals surface area contributed by atoms with E-state index in [1.807, 2.05) is 0 Å². The van der Waals surface area contributed by atoms with E-state index in [0.29, 0.717) is 16.3 Å². The summed E-state index contributed by atoms with van der Waals surface area (Å²) in [5, 5.41) is 16.8. The molecule has 0 spiro atoms. The van der Waals surface area contributed by atoms with Gasteiger partial charge in [-0.3, -0.25) is 14.9 Å². The van der Waals surface area contributed by atoms with Gasteiger partial charge in [0.1, 0.15) is 0 Å². The average molecular weight is 378 g/mol. The minimum absolute atomic E-state index is 0.0409. The third kappa shape index (κ3) is 4.70. The Balaban J connectivity index is 1.99. The number of ether oxygens (including phenoxy) is 1. The number of non-ortho nitro benzene ring substituents is 1. The molecule has 0 saturated heterocycles. The highest BCUT2D eigenvalue weighted by Gasteiger charge is 2.17. The molecule has 136 valence electrons. The van der Waals surface area contributed by atoms with E-state index >= 15 is 0 Å². The number of rotatable bonds is 7. The first kappa shape index (κ1) is 19.2. The molecular weight excluding hydrogens is 362 g/mol. The number of hydrogen-bond acceptors (Lipinski definition) is 6. The van der Waals surface area contributed by atoms with E-state index in [9.17, 15) is 19.7 Å². The van der Waals surface area contributed by atoms with E-state index < -0.39 is 10.9 Å². The van der Waals surface area contributed by atoms with E-state index in [-0.39, 0.29) is 30.2 Å². The van der Waals surface area contributed by atoms with Crippen LogP contribution in [-0.4, -0.2) is 37.0 Å². The van der Waals surface area contributed by atoms with Crippen LogP contribution in [0.3, 0.4) is 0 Å². The van der Waals surface area contributed by atoms with Gasteiger partial charge in [0.15, 0.2) is 0 Å². The molecule has 0 aliphatic carbocycles. The molecule has 26 heavy (non-hydrogen) atoms. The molecule has 8 nitrogen and oxygen atoms in total. The van der Waals surface area contributed by atoms with Crippen LogP contribution in [0.2, 0.25) is 5.02 Å². The number of carbonyl (C=O) groups excluding carboxylic acids is 2. The Labute approximate surface area is 154 Å². The number of nitrogens with zero attached hydrogens (tertiary/aromatic N) is 1. The van der Waals surface area contributed by atoms with Gasteiger partial charge in [-0.05, 0) is 18.2 Å². The lowest BCUT2D eigenvalue weighted by Crippen LogP contribution is -2.29. The predicted octanol–water partition coefficient (Wildman–Crippen LogP) is 2.88. The Morgan fingerprint density at radius 3 is 2.54 bits per heavy atom. The molecule has 0 bridgehead atoms. The molecule has 2 aromatic rings. The zero-order valence-corrected chi connectivity index (χ0v) is 14.6. The van der Waals surface area contributed by atoms with Crippen molar-refractivity contribution in [2.24, 2.45) is 0 Å². The van der Waals surface area contributed by atoms with Gasteiger partial charge in [-0.15, -0.1) is 0 Å². The molecule has 0 fully saturated rings. The maximum absolute atomic E-state index is 12.0. The number of nitrogens with one attached hydrogen (secondary N) is 2. The molecular formula is C17H16ClN3O5. The van der Waals surface area contributed by atoms with Crippen molar-refractivity contribution in [1.29, 1.82) is 0 Å². The highest BCUT2D eigenvalue weighted by Crippen LogP contribution is 2.22. The summed E-state index contributed by atoms with van der Waals surface area (Å²) in [6.45, 7) is 0.541. The van der Waals surface area contributed by atoms with Crippen molar-refractivity contribution in [2.45, 2.75) is 0 Å². The second-order valence-electron chi connectivity index (χ2n) is 5.14. The van der Waals surface area contributed by atoms with Crippen molar-refractivity contribution >= 4 is 34.9 Å². The quantitative estimate of drug-likeness (QED) is 0.332. The van der Waals surface area contributed by atoms with E-state index in [4.69, 9.17) is 11.6 Å². The highest BCUT2D eigenvalue weighted by atomic mass is 35.5. The van der Waals surface area contributed by atoms with Crippen molar-refractivity contribution < 1.29 is 19.2 Å². The average Bonchev–Trinajstić information content (AvgIpc) is 2.64. The molecule has 0 aliphatic rings. The summed E-state index contributed by atoms with van der Waals surface area (Å²) in [4.78, 5) is 34.1. The van der Waals surface area contributed by atoms with Crippen molar-refractivity contribution in [1.82, 2.24) is 5.32 Å². The molecule has 2 N–H and O–H groups in total. The van der Waals surface area contributed by atoms with Crippen LogP contribution in [0.25, 0.3) is 0 Å². The first-order valence-corrected chi connectivity index (χ1v) is 7.95. The lowest BCUT2D eigenvalue weighted by Gasteiger charge is -2.11. The summed E-state index contributed by atoms with van der Waals surface area (Å²) in [7, 11) is 1.19. The molecule has 2 aromatic carbocycles. The fourth-order valence-electron chi connectivity index (χ4n) is 2.19. The lowest BCUT2D eigenvalue weighted by molar-refractivity contribution is -0.384. The number of anilines is 1. The number of hydrogen-bond donors (Lipinski definition) is 2. The number of benzene rings is 2. The molecule has 0 aromatic heterocycles. The Morgan fingerprint density at radius 2 is 1.88 bits per heavy atom. The number of amides is 1. The SMILES string of the molecule is COC(=O)c1cc([N+](=O)[O-])ccc1NCCNC(=O)c1ccccc1Cl. The van der Waals surface area contributed by atoms with Gasteiger partial charge in [0.25, 0.3) is 11.6 Å². The van der Waals surface area contributed by atoms with Crippen molar-refractivity contribution in [3.8, 4) is 0 Å². The zero-order valence-electron chi connectivity index (χ0n) is 13.8. The van der Waals surface area contributed by atoms with E-state index in [1.54, 1.807) is 24.3 Å². The van der Waals surface area contributed by atoms with Crippen molar-refractivity contribution in [3.05, 3.63) is 68.7 Å². The molecule has 2 rings (SSSR count). The summed E-state index contributed by atoms with van der Waals surface area (Å²) >= 11 is 5.96. The standard InChI is InChI=1S/C17H16ClN3O5/c1-26-17(23)13-10-11(21(24)25)6-7-15(13)19-8-9-20-16(22)12-4-2-3-5-14(12)18/h2-7,10,19H,8-9H2,1H3,(H,20,22). The third-order valence-electron chi connectivity index (χ3n) is 3.46. The molecule has 0 aliphatic heterocycles. The molecule has 0 radical (unpaired) electrons. The first-order valence-electron chi connectivity index (χ1n) is 7.57. The second kappa shape index (κ2) is 8.82. The summed E-state index contributed by atoms with van der Waals surface area (Å²) in [6, 6.07) is 10.5. The number of nitro groups is 1. The number of methoxy groups -OCH3 is 1.